The monoisotopic (exact) mass is 283 g/mol. The van der Waals surface area contributed by atoms with Crippen molar-refractivity contribution in [1.29, 1.82) is 0 Å². The van der Waals surface area contributed by atoms with Gasteiger partial charge in [-0.2, -0.15) is 0 Å². The predicted octanol–water partition coefficient (Wildman–Crippen LogP) is 2.72. The highest BCUT2D eigenvalue weighted by molar-refractivity contribution is 5.33. The number of rotatable bonds is 5. The number of nitrogens with one attached hydrogen (secondary N) is 1. The summed E-state index contributed by atoms with van der Waals surface area (Å²) in [6.07, 6.45) is 3.02. The maximum absolute atomic E-state index is 9.51. The van der Waals surface area contributed by atoms with Crippen LogP contribution >= 0.6 is 0 Å². The SMILES string of the molecule is Oc1cccc(CN2CCC(CNc3ccccn3)C2)c1. The van der Waals surface area contributed by atoms with Crippen molar-refractivity contribution in [1.82, 2.24) is 9.88 Å². The van der Waals surface area contributed by atoms with E-state index < -0.39 is 0 Å². The molecule has 2 heterocycles. The molecule has 0 amide bonds. The number of hydrogen-bond acceptors (Lipinski definition) is 4. The summed E-state index contributed by atoms with van der Waals surface area (Å²) in [6, 6.07) is 13.5. The third-order valence-electron chi connectivity index (χ3n) is 3.92. The first-order chi connectivity index (χ1) is 10.3. The van der Waals surface area contributed by atoms with Crippen LogP contribution in [0.15, 0.2) is 48.7 Å². The molecule has 21 heavy (non-hydrogen) atoms. The van der Waals surface area contributed by atoms with E-state index in [4.69, 9.17) is 0 Å². The van der Waals surface area contributed by atoms with Gasteiger partial charge in [-0.3, -0.25) is 4.90 Å². The highest BCUT2D eigenvalue weighted by Gasteiger charge is 2.22. The standard InChI is InChI=1S/C17H21N3O/c21-16-5-3-4-14(10-16)12-20-9-7-15(13-20)11-19-17-6-1-2-8-18-17/h1-6,8,10,15,21H,7,9,11-13H2,(H,18,19). The molecule has 3 rings (SSSR count). The Hall–Kier alpha value is -2.07. The molecule has 0 saturated carbocycles. The van der Waals surface area contributed by atoms with Gasteiger partial charge in [0, 0.05) is 25.8 Å². The van der Waals surface area contributed by atoms with Crippen molar-refractivity contribution in [3.05, 3.63) is 54.2 Å². The van der Waals surface area contributed by atoms with Crippen LogP contribution in [0.25, 0.3) is 0 Å². The molecule has 2 N–H and O–H groups in total. The Kier molecular flexibility index (Phi) is 4.36. The molecule has 1 atom stereocenters. The second kappa shape index (κ2) is 6.59. The van der Waals surface area contributed by atoms with E-state index in [1.165, 1.54) is 12.0 Å². The average Bonchev–Trinajstić information content (AvgIpc) is 2.94. The third kappa shape index (κ3) is 3.95. The van der Waals surface area contributed by atoms with Gasteiger partial charge in [0.2, 0.25) is 0 Å². The minimum Gasteiger partial charge on any atom is -0.508 e. The predicted molar refractivity (Wildman–Crippen MR) is 84.2 cm³/mol. The maximum atomic E-state index is 9.51. The van der Waals surface area contributed by atoms with Crippen molar-refractivity contribution in [3.63, 3.8) is 0 Å². The molecule has 1 fully saturated rings. The lowest BCUT2D eigenvalue weighted by molar-refractivity contribution is 0.318. The molecule has 1 unspecified atom stereocenters. The number of hydrogen-bond donors (Lipinski definition) is 2. The van der Waals surface area contributed by atoms with Crippen LogP contribution in [-0.2, 0) is 6.54 Å². The molecule has 1 saturated heterocycles. The number of phenolic OH excluding ortho intramolecular Hbond substituents is 1. The third-order valence-corrected chi connectivity index (χ3v) is 3.92. The van der Waals surface area contributed by atoms with E-state index in [1.54, 1.807) is 6.07 Å². The Bertz CT molecular complexity index is 573. The topological polar surface area (TPSA) is 48.4 Å². The Morgan fingerprint density at radius 2 is 2.19 bits per heavy atom. The van der Waals surface area contributed by atoms with Crippen LogP contribution in [0, 0.1) is 5.92 Å². The van der Waals surface area contributed by atoms with Gasteiger partial charge >= 0.3 is 0 Å². The van der Waals surface area contributed by atoms with Gasteiger partial charge in [0.05, 0.1) is 0 Å². The van der Waals surface area contributed by atoms with E-state index in [-0.39, 0.29) is 0 Å². The van der Waals surface area contributed by atoms with Gasteiger partial charge in [-0.05, 0) is 48.7 Å². The van der Waals surface area contributed by atoms with Gasteiger partial charge in [0.25, 0.3) is 0 Å². The zero-order chi connectivity index (χ0) is 14.5. The largest absolute Gasteiger partial charge is 0.508 e. The number of anilines is 1. The molecule has 0 bridgehead atoms. The Morgan fingerprint density at radius 1 is 1.24 bits per heavy atom. The summed E-state index contributed by atoms with van der Waals surface area (Å²) < 4.78 is 0. The van der Waals surface area contributed by atoms with Crippen LogP contribution in [0.4, 0.5) is 5.82 Å². The minimum atomic E-state index is 0.347. The first-order valence-corrected chi connectivity index (χ1v) is 7.45. The number of likely N-dealkylation sites (tertiary alicyclic amines) is 1. The van der Waals surface area contributed by atoms with E-state index in [0.717, 1.165) is 32.0 Å². The zero-order valence-electron chi connectivity index (χ0n) is 12.1. The van der Waals surface area contributed by atoms with Gasteiger partial charge in [0.1, 0.15) is 11.6 Å². The molecule has 1 aromatic heterocycles. The molecular weight excluding hydrogens is 262 g/mol. The summed E-state index contributed by atoms with van der Waals surface area (Å²) >= 11 is 0. The zero-order valence-corrected chi connectivity index (χ0v) is 12.1. The van der Waals surface area contributed by atoms with Crippen molar-refractivity contribution in [2.45, 2.75) is 13.0 Å². The first kappa shape index (κ1) is 13.9. The molecule has 0 spiro atoms. The number of phenols is 1. The molecule has 2 aromatic rings. The fourth-order valence-corrected chi connectivity index (χ4v) is 2.85. The summed E-state index contributed by atoms with van der Waals surface area (Å²) in [5.41, 5.74) is 1.17. The van der Waals surface area contributed by atoms with Gasteiger partial charge in [-0.1, -0.05) is 18.2 Å². The lowest BCUT2D eigenvalue weighted by atomic mass is 10.1. The molecule has 4 heteroatoms. The molecule has 1 aromatic carbocycles. The van der Waals surface area contributed by atoms with E-state index in [9.17, 15) is 5.11 Å². The summed E-state index contributed by atoms with van der Waals surface area (Å²) in [5.74, 6) is 1.95. The van der Waals surface area contributed by atoms with Crippen molar-refractivity contribution >= 4 is 5.82 Å². The number of nitrogens with zero attached hydrogens (tertiary/aromatic N) is 2. The van der Waals surface area contributed by atoms with Crippen LogP contribution in [0.5, 0.6) is 5.75 Å². The summed E-state index contributed by atoms with van der Waals surface area (Å²) in [6.45, 7) is 4.09. The van der Waals surface area contributed by atoms with E-state index >= 15 is 0 Å². The Morgan fingerprint density at radius 3 is 3.00 bits per heavy atom. The van der Waals surface area contributed by atoms with Crippen molar-refractivity contribution in [3.8, 4) is 5.75 Å². The van der Waals surface area contributed by atoms with Gasteiger partial charge < -0.3 is 10.4 Å². The van der Waals surface area contributed by atoms with Crippen LogP contribution in [0.2, 0.25) is 0 Å². The second-order valence-corrected chi connectivity index (χ2v) is 5.66. The van der Waals surface area contributed by atoms with Gasteiger partial charge in [0.15, 0.2) is 0 Å². The number of aromatic nitrogens is 1. The summed E-state index contributed by atoms with van der Waals surface area (Å²) in [5, 5.41) is 12.9. The fraction of sp³-hybridized carbons (Fsp3) is 0.353. The lowest BCUT2D eigenvalue weighted by Crippen LogP contribution is -2.22. The maximum Gasteiger partial charge on any atom is 0.125 e. The highest BCUT2D eigenvalue weighted by Crippen LogP contribution is 2.20. The van der Waals surface area contributed by atoms with Crippen LogP contribution < -0.4 is 5.32 Å². The number of aromatic hydroxyl groups is 1. The second-order valence-electron chi connectivity index (χ2n) is 5.66. The van der Waals surface area contributed by atoms with Crippen LogP contribution in [0.1, 0.15) is 12.0 Å². The minimum absolute atomic E-state index is 0.347. The van der Waals surface area contributed by atoms with E-state index in [2.05, 4.69) is 21.3 Å². The molecule has 0 radical (unpaired) electrons. The Labute approximate surface area is 125 Å². The number of benzene rings is 1. The fourth-order valence-electron chi connectivity index (χ4n) is 2.85. The normalized spacial score (nSPS) is 18.8. The van der Waals surface area contributed by atoms with Crippen molar-refractivity contribution < 1.29 is 5.11 Å². The smallest absolute Gasteiger partial charge is 0.125 e. The van der Waals surface area contributed by atoms with Gasteiger partial charge in [-0.25, -0.2) is 4.98 Å². The molecule has 110 valence electrons. The first-order valence-electron chi connectivity index (χ1n) is 7.45. The lowest BCUT2D eigenvalue weighted by Gasteiger charge is -2.16. The van der Waals surface area contributed by atoms with Crippen LogP contribution in [-0.4, -0.2) is 34.6 Å². The Balaban J connectivity index is 1.47. The molecule has 1 aliphatic rings. The van der Waals surface area contributed by atoms with E-state index in [1.807, 2.05) is 36.5 Å². The average molecular weight is 283 g/mol. The summed E-state index contributed by atoms with van der Waals surface area (Å²) in [7, 11) is 0. The highest BCUT2D eigenvalue weighted by atomic mass is 16.3. The van der Waals surface area contributed by atoms with E-state index in [0.29, 0.717) is 11.7 Å². The van der Waals surface area contributed by atoms with Crippen molar-refractivity contribution in [2.75, 3.05) is 25.0 Å². The quantitative estimate of drug-likeness (QED) is 0.886. The molecule has 4 nitrogen and oxygen atoms in total. The van der Waals surface area contributed by atoms with Crippen molar-refractivity contribution in [2.24, 2.45) is 5.92 Å². The number of pyridine rings is 1. The molecule has 0 aliphatic carbocycles. The summed E-state index contributed by atoms with van der Waals surface area (Å²) in [4.78, 5) is 6.73. The van der Waals surface area contributed by atoms with Crippen LogP contribution in [0.3, 0.4) is 0 Å². The molecular formula is C17H21N3O. The van der Waals surface area contributed by atoms with Gasteiger partial charge in [-0.15, -0.1) is 0 Å². The molecule has 1 aliphatic heterocycles.